The number of hydrogen-bond acceptors (Lipinski definition) is 6. The second kappa shape index (κ2) is 8.72. The summed E-state index contributed by atoms with van der Waals surface area (Å²) in [5.41, 5.74) is 4.09. The van der Waals surface area contributed by atoms with Crippen LogP contribution in [0.4, 0.5) is 11.4 Å². The molecule has 7 heteroatoms. The highest BCUT2D eigenvalue weighted by atomic mass is 16.5. The largest absolute Gasteiger partial charge is 0.378 e. The first-order valence-electron chi connectivity index (χ1n) is 9.72. The molecule has 150 valence electrons. The molecule has 7 nitrogen and oxygen atoms in total. The molecule has 0 bridgehead atoms. The molecule has 0 saturated carbocycles. The third-order valence-electron chi connectivity index (χ3n) is 4.92. The first-order valence-corrected chi connectivity index (χ1v) is 9.72. The maximum atomic E-state index is 12.8. The second-order valence-corrected chi connectivity index (χ2v) is 6.97. The molecule has 2 heterocycles. The molecule has 1 saturated heterocycles. The number of hydrogen-bond donors (Lipinski definition) is 1. The Morgan fingerprint density at radius 2 is 2.00 bits per heavy atom. The summed E-state index contributed by atoms with van der Waals surface area (Å²) in [6.45, 7) is 4.61. The van der Waals surface area contributed by atoms with Gasteiger partial charge >= 0.3 is 0 Å². The lowest BCUT2D eigenvalue weighted by atomic mass is 10.1. The van der Waals surface area contributed by atoms with Gasteiger partial charge < -0.3 is 15.0 Å². The Morgan fingerprint density at radius 3 is 2.77 bits per heavy atom. The molecule has 2 aromatic carbocycles. The van der Waals surface area contributed by atoms with E-state index in [0.717, 1.165) is 30.0 Å². The molecule has 1 aliphatic rings. The van der Waals surface area contributed by atoms with Crippen molar-refractivity contribution in [3.63, 3.8) is 0 Å². The van der Waals surface area contributed by atoms with Crippen LogP contribution < -0.4 is 10.2 Å². The molecule has 1 amide bonds. The molecule has 1 N–H and O–H groups in total. The van der Waals surface area contributed by atoms with Gasteiger partial charge in [-0.15, -0.1) is 0 Å². The fraction of sp³-hybridized carbons (Fsp3) is 0.217. The first kappa shape index (κ1) is 19.6. The van der Waals surface area contributed by atoms with Crippen molar-refractivity contribution in [3.8, 4) is 17.3 Å². The van der Waals surface area contributed by atoms with Crippen LogP contribution in [0, 0.1) is 18.3 Å². The third kappa shape index (κ3) is 4.29. The molecule has 3 aromatic rings. The average Bonchev–Trinajstić information content (AvgIpc) is 2.79. The van der Waals surface area contributed by atoms with E-state index in [-0.39, 0.29) is 5.91 Å². The van der Waals surface area contributed by atoms with Gasteiger partial charge in [-0.1, -0.05) is 12.1 Å². The zero-order chi connectivity index (χ0) is 20.9. The van der Waals surface area contributed by atoms with Gasteiger partial charge in [0, 0.05) is 36.1 Å². The van der Waals surface area contributed by atoms with E-state index in [1.54, 1.807) is 24.4 Å². The maximum absolute atomic E-state index is 12.8. The number of nitrogens with zero attached hydrogens (tertiary/aromatic N) is 4. The third-order valence-corrected chi connectivity index (χ3v) is 4.92. The van der Waals surface area contributed by atoms with Crippen LogP contribution in [0.2, 0.25) is 0 Å². The summed E-state index contributed by atoms with van der Waals surface area (Å²) in [4.78, 5) is 23.4. The fourth-order valence-electron chi connectivity index (χ4n) is 3.42. The van der Waals surface area contributed by atoms with Crippen molar-refractivity contribution < 1.29 is 9.53 Å². The predicted octanol–water partition coefficient (Wildman–Crippen LogP) is 3.41. The molecule has 0 aliphatic carbocycles. The average molecular weight is 399 g/mol. The molecular formula is C23H21N5O2. The van der Waals surface area contributed by atoms with E-state index >= 15 is 0 Å². The Kier molecular flexibility index (Phi) is 5.68. The van der Waals surface area contributed by atoms with Crippen molar-refractivity contribution in [2.24, 2.45) is 0 Å². The number of nitrogens with one attached hydrogen (secondary N) is 1. The van der Waals surface area contributed by atoms with Crippen molar-refractivity contribution in [1.29, 1.82) is 5.26 Å². The zero-order valence-corrected chi connectivity index (χ0v) is 16.6. The number of nitriles is 1. The Bertz CT molecular complexity index is 1120. The van der Waals surface area contributed by atoms with Gasteiger partial charge in [-0.2, -0.15) is 5.26 Å². The normalized spacial score (nSPS) is 13.5. The van der Waals surface area contributed by atoms with Gasteiger partial charge in [0.05, 0.1) is 30.2 Å². The maximum Gasteiger partial charge on any atom is 0.255 e. The highest BCUT2D eigenvalue weighted by molar-refractivity contribution is 6.05. The number of aryl methyl sites for hydroxylation is 1. The van der Waals surface area contributed by atoms with Gasteiger partial charge in [0.1, 0.15) is 11.9 Å². The molecule has 0 radical (unpaired) electrons. The smallest absolute Gasteiger partial charge is 0.255 e. The summed E-state index contributed by atoms with van der Waals surface area (Å²) < 4.78 is 5.38. The lowest BCUT2D eigenvalue weighted by Crippen LogP contribution is -2.36. The van der Waals surface area contributed by atoms with Crippen LogP contribution in [0.25, 0.3) is 11.3 Å². The number of carbonyl (C=O) groups is 1. The number of aromatic nitrogens is 2. The minimum Gasteiger partial charge on any atom is -0.378 e. The number of carbonyl (C=O) groups excluding carboxylic acids is 1. The van der Waals surface area contributed by atoms with Crippen LogP contribution in [0.15, 0.2) is 54.7 Å². The van der Waals surface area contributed by atoms with Gasteiger partial charge in [-0.25, -0.2) is 9.97 Å². The highest BCUT2D eigenvalue weighted by Gasteiger charge is 2.16. The van der Waals surface area contributed by atoms with E-state index < -0.39 is 0 Å². The summed E-state index contributed by atoms with van der Waals surface area (Å²) in [5.74, 6) is 0.428. The van der Waals surface area contributed by atoms with Crippen LogP contribution in [0.5, 0.6) is 0 Å². The molecule has 1 fully saturated rings. The van der Waals surface area contributed by atoms with Crippen LogP contribution >= 0.6 is 0 Å². The Morgan fingerprint density at radius 1 is 1.17 bits per heavy atom. The molecule has 0 atom stereocenters. The SMILES string of the molecule is Cc1nccc(-c2cccc(C(=O)Nc3ccc(N4CCOCC4)c(C#N)c3)c2)n1. The van der Waals surface area contributed by atoms with Crippen molar-refractivity contribution in [2.75, 3.05) is 36.5 Å². The minimum absolute atomic E-state index is 0.245. The fourth-order valence-corrected chi connectivity index (χ4v) is 3.42. The quantitative estimate of drug-likeness (QED) is 0.723. The van der Waals surface area contributed by atoms with E-state index in [9.17, 15) is 10.1 Å². The van der Waals surface area contributed by atoms with Crippen LogP contribution in [-0.2, 0) is 4.74 Å². The Hall–Kier alpha value is -3.76. The number of anilines is 2. The van der Waals surface area contributed by atoms with Gasteiger partial charge in [-0.05, 0) is 43.3 Å². The van der Waals surface area contributed by atoms with E-state index in [2.05, 4.69) is 26.3 Å². The van der Waals surface area contributed by atoms with Gasteiger partial charge in [-0.3, -0.25) is 4.79 Å². The summed E-state index contributed by atoms with van der Waals surface area (Å²) >= 11 is 0. The summed E-state index contributed by atoms with van der Waals surface area (Å²) in [5, 5.41) is 12.5. The van der Waals surface area contributed by atoms with E-state index in [4.69, 9.17) is 4.74 Å². The molecule has 4 rings (SSSR count). The predicted molar refractivity (Wildman–Crippen MR) is 114 cm³/mol. The first-order chi connectivity index (χ1) is 14.6. The summed E-state index contributed by atoms with van der Waals surface area (Å²) in [6, 6.07) is 16.7. The second-order valence-electron chi connectivity index (χ2n) is 6.97. The Labute approximate surface area is 175 Å². The zero-order valence-electron chi connectivity index (χ0n) is 16.6. The topological polar surface area (TPSA) is 91.1 Å². The van der Waals surface area contributed by atoms with Gasteiger partial charge in [0.2, 0.25) is 0 Å². The van der Waals surface area contributed by atoms with Crippen molar-refractivity contribution in [2.45, 2.75) is 6.92 Å². The number of amides is 1. The molecule has 0 spiro atoms. The standard InChI is InChI=1S/C23H21N5O2/c1-16-25-8-7-21(26-16)17-3-2-4-18(13-17)23(29)27-20-5-6-22(19(14-20)15-24)28-9-11-30-12-10-28/h2-8,13-14H,9-12H2,1H3,(H,27,29). The van der Waals surface area contributed by atoms with Gasteiger partial charge in [0.15, 0.2) is 0 Å². The van der Waals surface area contributed by atoms with E-state index in [0.29, 0.717) is 35.9 Å². The van der Waals surface area contributed by atoms with Crippen molar-refractivity contribution >= 4 is 17.3 Å². The summed E-state index contributed by atoms with van der Waals surface area (Å²) in [6.07, 6.45) is 1.70. The lowest BCUT2D eigenvalue weighted by molar-refractivity contribution is 0.102. The van der Waals surface area contributed by atoms with E-state index in [1.807, 2.05) is 37.3 Å². The number of rotatable bonds is 4. The highest BCUT2D eigenvalue weighted by Crippen LogP contribution is 2.25. The van der Waals surface area contributed by atoms with Crippen molar-refractivity contribution in [1.82, 2.24) is 9.97 Å². The lowest BCUT2D eigenvalue weighted by Gasteiger charge is -2.29. The molecule has 1 aromatic heterocycles. The molecule has 30 heavy (non-hydrogen) atoms. The molecular weight excluding hydrogens is 378 g/mol. The van der Waals surface area contributed by atoms with Crippen LogP contribution in [0.3, 0.4) is 0 Å². The minimum atomic E-state index is -0.245. The van der Waals surface area contributed by atoms with Crippen LogP contribution in [0.1, 0.15) is 21.7 Å². The number of ether oxygens (including phenoxy) is 1. The number of morpholine rings is 1. The monoisotopic (exact) mass is 399 g/mol. The van der Waals surface area contributed by atoms with Crippen molar-refractivity contribution in [3.05, 3.63) is 71.7 Å². The van der Waals surface area contributed by atoms with E-state index in [1.165, 1.54) is 0 Å². The molecule has 0 unspecified atom stereocenters. The number of benzene rings is 2. The Balaban J connectivity index is 1.54. The van der Waals surface area contributed by atoms with Crippen LogP contribution in [-0.4, -0.2) is 42.2 Å². The molecule has 1 aliphatic heterocycles. The van der Waals surface area contributed by atoms with Gasteiger partial charge in [0.25, 0.3) is 5.91 Å². The summed E-state index contributed by atoms with van der Waals surface area (Å²) in [7, 11) is 0.